The predicted molar refractivity (Wildman–Crippen MR) is 80.1 cm³/mol. The molecule has 1 radical (unpaired) electrons. The average molecular weight is 268 g/mol. The lowest BCUT2D eigenvalue weighted by Gasteiger charge is -2.03. The zero-order valence-corrected chi connectivity index (χ0v) is 11.8. The summed E-state index contributed by atoms with van der Waals surface area (Å²) in [6, 6.07) is 15.9. The molecule has 0 saturated carbocycles. The molecule has 2 aromatic rings. The lowest BCUT2D eigenvalue weighted by molar-refractivity contribution is 0.132. The van der Waals surface area contributed by atoms with Crippen molar-refractivity contribution in [2.24, 2.45) is 5.16 Å². The average Bonchev–Trinajstić information content (AvgIpc) is 2.52. The maximum Gasteiger partial charge on any atom is 0.143 e. The van der Waals surface area contributed by atoms with Gasteiger partial charge in [0.05, 0.1) is 7.11 Å². The molecule has 0 saturated heterocycles. The first-order valence-corrected chi connectivity index (χ1v) is 6.62. The van der Waals surface area contributed by atoms with E-state index < -0.39 is 0 Å². The Labute approximate surface area is 119 Å². The van der Waals surface area contributed by atoms with Crippen molar-refractivity contribution in [3.63, 3.8) is 0 Å². The highest BCUT2D eigenvalue weighted by Crippen LogP contribution is 2.14. The van der Waals surface area contributed by atoms with E-state index in [-0.39, 0.29) is 0 Å². The zero-order valence-electron chi connectivity index (χ0n) is 11.8. The summed E-state index contributed by atoms with van der Waals surface area (Å²) in [5.41, 5.74) is 3.18. The van der Waals surface area contributed by atoms with Crippen molar-refractivity contribution >= 4 is 6.21 Å². The van der Waals surface area contributed by atoms with Crippen LogP contribution < -0.4 is 4.74 Å². The molecule has 103 valence electrons. The van der Waals surface area contributed by atoms with E-state index in [0.717, 1.165) is 23.3 Å². The standard InChI is InChI=1S/C17H18NO2/c1-3-14-8-10-15(11-9-14)13-20-18-12-16-6-4-5-7-17(16)19-2/h4-11H,3,13H2,1-2H3. The predicted octanol–water partition coefficient (Wildman–Crippen LogP) is 3.69. The molecule has 2 aromatic carbocycles. The molecule has 0 heterocycles. The van der Waals surface area contributed by atoms with Gasteiger partial charge >= 0.3 is 0 Å². The quantitative estimate of drug-likeness (QED) is 0.591. The van der Waals surface area contributed by atoms with E-state index in [9.17, 15) is 0 Å². The number of aryl methyl sites for hydroxylation is 1. The lowest BCUT2D eigenvalue weighted by atomic mass is 10.1. The summed E-state index contributed by atoms with van der Waals surface area (Å²) in [7, 11) is 1.62. The summed E-state index contributed by atoms with van der Waals surface area (Å²) < 4.78 is 5.21. The fraction of sp³-hybridized carbons (Fsp3) is 0.235. The topological polar surface area (TPSA) is 30.8 Å². The fourth-order valence-electron chi connectivity index (χ4n) is 1.80. The zero-order chi connectivity index (χ0) is 14.2. The highest BCUT2D eigenvalue weighted by molar-refractivity contribution is 5.82. The van der Waals surface area contributed by atoms with Crippen molar-refractivity contribution in [1.82, 2.24) is 0 Å². The van der Waals surface area contributed by atoms with Crippen LogP contribution in [0.4, 0.5) is 0 Å². The van der Waals surface area contributed by atoms with Crippen LogP contribution in [0.3, 0.4) is 0 Å². The van der Waals surface area contributed by atoms with Crippen LogP contribution in [0.15, 0.2) is 53.7 Å². The molecule has 0 aliphatic rings. The maximum atomic E-state index is 5.25. The summed E-state index contributed by atoms with van der Waals surface area (Å²) in [6.07, 6.45) is 3.88. The molecule has 3 nitrogen and oxygen atoms in total. The second kappa shape index (κ2) is 7.34. The molecule has 0 aromatic heterocycles. The molecule has 0 unspecified atom stereocenters. The first-order chi connectivity index (χ1) is 9.83. The number of benzene rings is 2. The Morgan fingerprint density at radius 3 is 2.40 bits per heavy atom. The molecule has 0 bridgehead atoms. The second-order valence-corrected chi connectivity index (χ2v) is 4.35. The van der Waals surface area contributed by atoms with Gasteiger partial charge in [-0.05, 0) is 29.7 Å². The molecule has 0 spiro atoms. The van der Waals surface area contributed by atoms with Gasteiger partial charge < -0.3 is 9.57 Å². The first-order valence-electron chi connectivity index (χ1n) is 6.62. The largest absolute Gasteiger partial charge is 0.496 e. The van der Waals surface area contributed by atoms with Crippen molar-refractivity contribution in [2.75, 3.05) is 7.11 Å². The minimum Gasteiger partial charge on any atom is -0.496 e. The van der Waals surface area contributed by atoms with Gasteiger partial charge in [-0.3, -0.25) is 0 Å². The molecule has 0 atom stereocenters. The molecule has 0 fully saturated rings. The van der Waals surface area contributed by atoms with E-state index in [1.165, 1.54) is 5.56 Å². The van der Waals surface area contributed by atoms with Crippen LogP contribution in [0.25, 0.3) is 0 Å². The summed E-state index contributed by atoms with van der Waals surface area (Å²) in [5.74, 6) is 0.729. The van der Waals surface area contributed by atoms with Gasteiger partial charge in [0.1, 0.15) is 18.6 Å². The molecular weight excluding hydrogens is 250 g/mol. The Hall–Kier alpha value is -2.29. The third kappa shape index (κ3) is 3.85. The number of para-hydroxylation sites is 1. The van der Waals surface area contributed by atoms with Crippen LogP contribution in [0.2, 0.25) is 0 Å². The van der Waals surface area contributed by atoms with Crippen LogP contribution in [0.1, 0.15) is 23.6 Å². The normalized spacial score (nSPS) is 10.7. The smallest absolute Gasteiger partial charge is 0.143 e. The van der Waals surface area contributed by atoms with Gasteiger partial charge in [-0.2, -0.15) is 0 Å². The van der Waals surface area contributed by atoms with Crippen molar-refractivity contribution in [2.45, 2.75) is 20.0 Å². The van der Waals surface area contributed by atoms with Crippen LogP contribution in [-0.4, -0.2) is 13.3 Å². The van der Waals surface area contributed by atoms with Crippen LogP contribution >= 0.6 is 0 Å². The Balaban J connectivity index is 1.90. The van der Waals surface area contributed by atoms with Crippen LogP contribution in [-0.2, 0) is 17.9 Å². The van der Waals surface area contributed by atoms with Crippen LogP contribution in [0, 0.1) is 0 Å². The molecule has 2 rings (SSSR count). The van der Waals surface area contributed by atoms with Crippen molar-refractivity contribution in [3.8, 4) is 5.75 Å². The molecule has 3 heteroatoms. The summed E-state index contributed by atoms with van der Waals surface area (Å²) in [5, 5.41) is 3.86. The Morgan fingerprint density at radius 2 is 1.70 bits per heavy atom. The molecular formula is C17H18NO2. The Bertz CT molecular complexity index is 561. The third-order valence-corrected chi connectivity index (χ3v) is 3.00. The minimum absolute atomic E-state index is 0.437. The number of hydrogen-bond acceptors (Lipinski definition) is 3. The van der Waals surface area contributed by atoms with Crippen molar-refractivity contribution < 1.29 is 9.57 Å². The van der Waals surface area contributed by atoms with Gasteiger partial charge in [0.15, 0.2) is 0 Å². The third-order valence-electron chi connectivity index (χ3n) is 3.00. The van der Waals surface area contributed by atoms with Gasteiger partial charge in [-0.1, -0.05) is 48.5 Å². The van der Waals surface area contributed by atoms with Gasteiger partial charge in [-0.15, -0.1) is 0 Å². The van der Waals surface area contributed by atoms with Crippen molar-refractivity contribution in [3.05, 3.63) is 65.2 Å². The summed E-state index contributed by atoms with van der Waals surface area (Å²) in [6.45, 7) is 2.57. The van der Waals surface area contributed by atoms with Crippen LogP contribution in [0.5, 0.6) is 5.75 Å². The number of rotatable bonds is 6. The molecule has 0 N–H and O–H groups in total. The molecule has 0 aliphatic carbocycles. The van der Waals surface area contributed by atoms with Gasteiger partial charge in [0.2, 0.25) is 0 Å². The van der Waals surface area contributed by atoms with Gasteiger partial charge in [0.25, 0.3) is 0 Å². The van der Waals surface area contributed by atoms with E-state index in [4.69, 9.17) is 9.57 Å². The van der Waals surface area contributed by atoms with E-state index in [0.29, 0.717) is 6.61 Å². The second-order valence-electron chi connectivity index (χ2n) is 4.35. The van der Waals surface area contributed by atoms with E-state index >= 15 is 0 Å². The van der Waals surface area contributed by atoms with Gasteiger partial charge in [-0.25, -0.2) is 0 Å². The lowest BCUT2D eigenvalue weighted by Crippen LogP contribution is -1.92. The highest BCUT2D eigenvalue weighted by atomic mass is 16.6. The first kappa shape index (κ1) is 14.1. The highest BCUT2D eigenvalue weighted by Gasteiger charge is 1.98. The molecule has 0 aliphatic heterocycles. The van der Waals surface area contributed by atoms with Crippen molar-refractivity contribution in [1.29, 1.82) is 0 Å². The number of methoxy groups -OCH3 is 1. The van der Waals surface area contributed by atoms with E-state index in [2.05, 4.69) is 42.6 Å². The molecule has 0 amide bonds. The Kier molecular flexibility index (Phi) is 5.18. The minimum atomic E-state index is 0.437. The number of nitrogens with zero attached hydrogens (tertiary/aromatic N) is 1. The van der Waals surface area contributed by atoms with E-state index in [1.54, 1.807) is 7.11 Å². The SMILES string of the molecule is CCc1ccc(CO/N=[C]\c2ccccc2OC)cc1. The monoisotopic (exact) mass is 268 g/mol. The summed E-state index contributed by atoms with van der Waals surface area (Å²) in [4.78, 5) is 5.25. The fourth-order valence-corrected chi connectivity index (χ4v) is 1.80. The number of ether oxygens (including phenoxy) is 1. The molecule has 20 heavy (non-hydrogen) atoms. The Morgan fingerprint density at radius 1 is 1.00 bits per heavy atom. The maximum absolute atomic E-state index is 5.25. The van der Waals surface area contributed by atoms with E-state index in [1.807, 2.05) is 24.3 Å². The number of hydrogen-bond donors (Lipinski definition) is 0. The summed E-state index contributed by atoms with van der Waals surface area (Å²) >= 11 is 0. The van der Waals surface area contributed by atoms with Gasteiger partial charge in [0, 0.05) is 5.56 Å².